The molecule has 2 aromatic carbocycles. The van der Waals surface area contributed by atoms with E-state index in [1.165, 1.54) is 10.9 Å². The number of nitrogens with zero attached hydrogens (tertiary/aromatic N) is 2. The van der Waals surface area contributed by atoms with Crippen molar-refractivity contribution in [3.05, 3.63) is 69.2 Å². The first-order valence-electron chi connectivity index (χ1n) is 7.24. The Bertz CT molecular complexity index is 910. The highest BCUT2D eigenvalue weighted by Crippen LogP contribution is 2.16. The predicted molar refractivity (Wildman–Crippen MR) is 94.0 cm³/mol. The Morgan fingerprint density at radius 2 is 1.83 bits per heavy atom. The standard InChI is InChI=1S/C17H14Cl2N2O3/c18-11-1-4-14(5-2-11)24-9-13(22)8-21-10-20-16-7-12(19)3-6-15(16)17(21)23/h1-7,10,13,22H,8-9H2. The third-order valence-corrected chi connectivity index (χ3v) is 3.94. The molecule has 0 radical (unpaired) electrons. The summed E-state index contributed by atoms with van der Waals surface area (Å²) in [5.74, 6) is 0.595. The van der Waals surface area contributed by atoms with E-state index in [4.69, 9.17) is 27.9 Å². The number of fused-ring (bicyclic) bond motifs is 1. The summed E-state index contributed by atoms with van der Waals surface area (Å²) in [6.07, 6.45) is 0.539. The summed E-state index contributed by atoms with van der Waals surface area (Å²) >= 11 is 11.7. The molecule has 1 heterocycles. The van der Waals surface area contributed by atoms with E-state index >= 15 is 0 Å². The Morgan fingerprint density at radius 1 is 1.12 bits per heavy atom. The molecule has 0 amide bonds. The zero-order chi connectivity index (χ0) is 17.1. The second-order valence-corrected chi connectivity index (χ2v) is 6.16. The average Bonchev–Trinajstić information content (AvgIpc) is 2.57. The van der Waals surface area contributed by atoms with Crippen molar-refractivity contribution in [1.82, 2.24) is 9.55 Å². The lowest BCUT2D eigenvalue weighted by molar-refractivity contribution is 0.0915. The van der Waals surface area contributed by atoms with Gasteiger partial charge in [0, 0.05) is 10.0 Å². The van der Waals surface area contributed by atoms with E-state index in [9.17, 15) is 9.90 Å². The lowest BCUT2D eigenvalue weighted by Gasteiger charge is -2.14. The number of aliphatic hydroxyl groups excluding tert-OH is 1. The van der Waals surface area contributed by atoms with Crippen molar-refractivity contribution in [1.29, 1.82) is 0 Å². The Morgan fingerprint density at radius 3 is 2.58 bits per heavy atom. The maximum atomic E-state index is 12.4. The molecule has 0 aliphatic rings. The highest BCUT2D eigenvalue weighted by molar-refractivity contribution is 6.31. The molecule has 0 aliphatic heterocycles. The van der Waals surface area contributed by atoms with Crippen molar-refractivity contribution in [2.24, 2.45) is 0 Å². The van der Waals surface area contributed by atoms with Gasteiger partial charge in [0.25, 0.3) is 5.56 Å². The Balaban J connectivity index is 1.70. The summed E-state index contributed by atoms with van der Waals surface area (Å²) in [5, 5.41) is 11.7. The van der Waals surface area contributed by atoms with Crippen molar-refractivity contribution in [3.8, 4) is 5.75 Å². The van der Waals surface area contributed by atoms with Gasteiger partial charge in [-0.15, -0.1) is 0 Å². The molecule has 1 unspecified atom stereocenters. The summed E-state index contributed by atoms with van der Waals surface area (Å²) in [5.41, 5.74) is 0.290. The van der Waals surface area contributed by atoms with Gasteiger partial charge >= 0.3 is 0 Å². The zero-order valence-electron chi connectivity index (χ0n) is 12.5. The van der Waals surface area contributed by atoms with Crippen LogP contribution in [0.1, 0.15) is 0 Å². The second kappa shape index (κ2) is 7.21. The molecule has 0 saturated heterocycles. The van der Waals surface area contributed by atoms with Gasteiger partial charge in [0.2, 0.25) is 0 Å². The molecule has 24 heavy (non-hydrogen) atoms. The SMILES string of the molecule is O=c1c2ccc(Cl)cc2ncn1CC(O)COc1ccc(Cl)cc1. The van der Waals surface area contributed by atoms with Crippen LogP contribution in [0.4, 0.5) is 0 Å². The molecule has 1 aromatic heterocycles. The van der Waals surface area contributed by atoms with Crippen LogP contribution in [-0.4, -0.2) is 27.4 Å². The average molecular weight is 365 g/mol. The molecule has 0 fully saturated rings. The van der Waals surface area contributed by atoms with Gasteiger partial charge in [-0.3, -0.25) is 9.36 Å². The number of aliphatic hydroxyl groups is 1. The predicted octanol–water partition coefficient (Wildman–Crippen LogP) is 3.14. The fraction of sp³-hybridized carbons (Fsp3) is 0.176. The van der Waals surface area contributed by atoms with E-state index in [-0.39, 0.29) is 18.7 Å². The Kier molecular flexibility index (Phi) is 5.04. The number of rotatable bonds is 5. The van der Waals surface area contributed by atoms with Gasteiger partial charge in [-0.2, -0.15) is 0 Å². The van der Waals surface area contributed by atoms with E-state index in [0.29, 0.717) is 26.7 Å². The molecule has 124 valence electrons. The largest absolute Gasteiger partial charge is 0.491 e. The van der Waals surface area contributed by atoms with Crippen LogP contribution in [-0.2, 0) is 6.54 Å². The number of hydrogen-bond acceptors (Lipinski definition) is 4. The fourth-order valence-electron chi connectivity index (χ4n) is 2.26. The Hall–Kier alpha value is -2.08. The van der Waals surface area contributed by atoms with Crippen LogP contribution in [0.15, 0.2) is 53.6 Å². The van der Waals surface area contributed by atoms with Crippen LogP contribution < -0.4 is 10.3 Å². The maximum absolute atomic E-state index is 12.4. The van der Waals surface area contributed by atoms with Crippen molar-refractivity contribution < 1.29 is 9.84 Å². The van der Waals surface area contributed by atoms with Gasteiger partial charge < -0.3 is 9.84 Å². The first kappa shape index (κ1) is 16.8. The summed E-state index contributed by atoms with van der Waals surface area (Å²) in [4.78, 5) is 16.6. The highest BCUT2D eigenvalue weighted by Gasteiger charge is 2.10. The van der Waals surface area contributed by atoms with Crippen LogP contribution in [0.5, 0.6) is 5.75 Å². The van der Waals surface area contributed by atoms with Crippen LogP contribution in [0, 0.1) is 0 Å². The number of aromatic nitrogens is 2. The molecule has 7 heteroatoms. The lowest BCUT2D eigenvalue weighted by atomic mass is 10.2. The number of halogens is 2. The van der Waals surface area contributed by atoms with Crippen LogP contribution in [0.3, 0.4) is 0 Å². The molecule has 1 N–H and O–H groups in total. The number of benzene rings is 2. The second-order valence-electron chi connectivity index (χ2n) is 5.28. The van der Waals surface area contributed by atoms with Crippen LogP contribution in [0.2, 0.25) is 10.0 Å². The van der Waals surface area contributed by atoms with Crippen molar-refractivity contribution in [2.45, 2.75) is 12.6 Å². The van der Waals surface area contributed by atoms with Gasteiger partial charge in [0.15, 0.2) is 0 Å². The molecule has 3 aromatic rings. The quantitative estimate of drug-likeness (QED) is 0.755. The smallest absolute Gasteiger partial charge is 0.261 e. The highest BCUT2D eigenvalue weighted by atomic mass is 35.5. The monoisotopic (exact) mass is 364 g/mol. The van der Waals surface area contributed by atoms with E-state index in [1.54, 1.807) is 42.5 Å². The summed E-state index contributed by atoms with van der Waals surface area (Å²) in [6.45, 7) is 0.130. The normalized spacial score (nSPS) is 12.3. The molecule has 0 saturated carbocycles. The van der Waals surface area contributed by atoms with Crippen molar-refractivity contribution in [2.75, 3.05) is 6.61 Å². The van der Waals surface area contributed by atoms with E-state index < -0.39 is 6.10 Å². The molecule has 5 nitrogen and oxygen atoms in total. The Labute approximate surface area is 148 Å². The molecule has 1 atom stereocenters. The van der Waals surface area contributed by atoms with Crippen LogP contribution >= 0.6 is 23.2 Å². The van der Waals surface area contributed by atoms with E-state index in [2.05, 4.69) is 4.98 Å². The lowest BCUT2D eigenvalue weighted by Crippen LogP contribution is -2.30. The summed E-state index contributed by atoms with van der Waals surface area (Å²) in [6, 6.07) is 11.7. The molecule has 0 bridgehead atoms. The van der Waals surface area contributed by atoms with E-state index in [0.717, 1.165) is 0 Å². The number of ether oxygens (including phenoxy) is 1. The van der Waals surface area contributed by atoms with Gasteiger partial charge in [-0.25, -0.2) is 4.98 Å². The third kappa shape index (κ3) is 3.87. The maximum Gasteiger partial charge on any atom is 0.261 e. The topological polar surface area (TPSA) is 64.4 Å². The van der Waals surface area contributed by atoms with Gasteiger partial charge in [0.05, 0.1) is 23.8 Å². The van der Waals surface area contributed by atoms with E-state index in [1.807, 2.05) is 0 Å². The number of hydrogen-bond donors (Lipinski definition) is 1. The van der Waals surface area contributed by atoms with Crippen molar-refractivity contribution >= 4 is 34.1 Å². The molecular weight excluding hydrogens is 351 g/mol. The third-order valence-electron chi connectivity index (χ3n) is 3.45. The summed E-state index contributed by atoms with van der Waals surface area (Å²) < 4.78 is 6.83. The van der Waals surface area contributed by atoms with Gasteiger partial charge in [-0.1, -0.05) is 23.2 Å². The zero-order valence-corrected chi connectivity index (χ0v) is 14.0. The molecule has 3 rings (SSSR count). The minimum Gasteiger partial charge on any atom is -0.491 e. The van der Waals surface area contributed by atoms with Crippen molar-refractivity contribution in [3.63, 3.8) is 0 Å². The van der Waals surface area contributed by atoms with Gasteiger partial charge in [-0.05, 0) is 42.5 Å². The summed E-state index contributed by atoms with van der Waals surface area (Å²) in [7, 11) is 0. The first-order chi connectivity index (χ1) is 11.5. The molecular formula is C17H14Cl2N2O3. The molecule has 0 spiro atoms. The minimum absolute atomic E-state index is 0.0483. The fourth-order valence-corrected chi connectivity index (χ4v) is 2.56. The van der Waals surface area contributed by atoms with Gasteiger partial charge in [0.1, 0.15) is 18.5 Å². The minimum atomic E-state index is -0.857. The molecule has 0 aliphatic carbocycles. The van der Waals surface area contributed by atoms with Crippen LogP contribution in [0.25, 0.3) is 10.9 Å². The first-order valence-corrected chi connectivity index (χ1v) is 7.99.